The molecule has 0 fully saturated rings. The first-order valence-electron chi connectivity index (χ1n) is 7.66. The quantitative estimate of drug-likeness (QED) is 0.788. The predicted octanol–water partition coefficient (Wildman–Crippen LogP) is 2.43. The lowest BCUT2D eigenvalue weighted by Crippen LogP contribution is -2.34. The van der Waals surface area contributed by atoms with Crippen LogP contribution in [0.4, 0.5) is 0 Å². The maximum atomic E-state index is 12.7. The monoisotopic (exact) mass is 330 g/mol. The van der Waals surface area contributed by atoms with Gasteiger partial charge in [-0.15, -0.1) is 0 Å². The average molecular weight is 330 g/mol. The molecular formula is C18H22N2O4. The molecule has 2 rings (SSSR count). The number of amides is 1. The van der Waals surface area contributed by atoms with Crippen LogP contribution in [0.2, 0.25) is 0 Å². The topological polar surface area (TPSA) is 68.7 Å². The van der Waals surface area contributed by atoms with Crippen molar-refractivity contribution in [3.8, 4) is 5.75 Å². The predicted molar refractivity (Wildman–Crippen MR) is 91.2 cm³/mol. The molecule has 6 nitrogen and oxygen atoms in total. The normalized spacial score (nSPS) is 11.9. The van der Waals surface area contributed by atoms with Gasteiger partial charge in [0.2, 0.25) is 0 Å². The Labute approximate surface area is 141 Å². The number of aryl methyl sites for hydroxylation is 1. The first-order chi connectivity index (χ1) is 11.4. The fourth-order valence-corrected chi connectivity index (χ4v) is 2.56. The Morgan fingerprint density at radius 2 is 1.96 bits per heavy atom. The highest BCUT2D eigenvalue weighted by atomic mass is 16.5. The smallest absolute Gasteiger partial charge is 0.310 e. The zero-order valence-corrected chi connectivity index (χ0v) is 14.6. The van der Waals surface area contributed by atoms with Crippen LogP contribution in [0.15, 0.2) is 24.3 Å². The van der Waals surface area contributed by atoms with Gasteiger partial charge in [-0.25, -0.2) is 0 Å². The van der Waals surface area contributed by atoms with Gasteiger partial charge in [-0.2, -0.15) is 0 Å². The second kappa shape index (κ2) is 7.29. The van der Waals surface area contributed by atoms with Crippen molar-refractivity contribution in [3.63, 3.8) is 0 Å². The second-order valence-corrected chi connectivity index (χ2v) is 5.79. The number of hydrogen-bond donors (Lipinski definition) is 0. The van der Waals surface area contributed by atoms with Gasteiger partial charge in [0, 0.05) is 25.0 Å². The number of esters is 1. The van der Waals surface area contributed by atoms with Gasteiger partial charge in [0.25, 0.3) is 5.91 Å². The third kappa shape index (κ3) is 3.64. The number of hydrogen-bond acceptors (Lipinski definition) is 5. The van der Waals surface area contributed by atoms with E-state index in [0.29, 0.717) is 11.3 Å². The van der Waals surface area contributed by atoms with E-state index < -0.39 is 0 Å². The summed E-state index contributed by atoms with van der Waals surface area (Å²) in [7, 11) is 4.61. The van der Waals surface area contributed by atoms with Crippen LogP contribution in [-0.4, -0.2) is 49.6 Å². The van der Waals surface area contributed by atoms with Crippen molar-refractivity contribution < 1.29 is 19.1 Å². The largest absolute Gasteiger partial charge is 0.497 e. The fraction of sp³-hybridized carbons (Fsp3) is 0.389. The Balaban J connectivity index is 2.28. The van der Waals surface area contributed by atoms with Gasteiger partial charge < -0.3 is 14.4 Å². The van der Waals surface area contributed by atoms with E-state index in [1.165, 1.54) is 12.0 Å². The molecule has 1 aromatic heterocycles. The summed E-state index contributed by atoms with van der Waals surface area (Å²) in [5.41, 5.74) is 1.93. The molecule has 1 aromatic carbocycles. The van der Waals surface area contributed by atoms with Crippen molar-refractivity contribution in [1.29, 1.82) is 0 Å². The lowest BCUT2D eigenvalue weighted by molar-refractivity contribution is -0.145. The van der Waals surface area contributed by atoms with Crippen LogP contribution in [0.3, 0.4) is 0 Å². The van der Waals surface area contributed by atoms with E-state index in [-0.39, 0.29) is 24.3 Å². The van der Waals surface area contributed by atoms with Crippen molar-refractivity contribution in [2.45, 2.75) is 13.8 Å². The van der Waals surface area contributed by atoms with Gasteiger partial charge in [0.05, 0.1) is 36.9 Å². The molecule has 1 unspecified atom stereocenters. The summed E-state index contributed by atoms with van der Waals surface area (Å²) in [4.78, 5) is 30.2. The molecule has 0 radical (unpaired) electrons. The van der Waals surface area contributed by atoms with E-state index in [1.807, 2.05) is 24.3 Å². The molecule has 0 aliphatic heterocycles. The number of aromatic nitrogens is 1. The average Bonchev–Trinajstić information content (AvgIpc) is 2.58. The Morgan fingerprint density at radius 1 is 1.25 bits per heavy atom. The van der Waals surface area contributed by atoms with Crippen LogP contribution in [0.25, 0.3) is 10.9 Å². The minimum Gasteiger partial charge on any atom is -0.497 e. The maximum Gasteiger partial charge on any atom is 0.310 e. The molecule has 0 aliphatic carbocycles. The molecule has 1 heterocycles. The minimum absolute atomic E-state index is 0.173. The molecule has 1 amide bonds. The van der Waals surface area contributed by atoms with E-state index in [0.717, 1.165) is 16.7 Å². The molecule has 128 valence electrons. The van der Waals surface area contributed by atoms with Crippen LogP contribution in [-0.2, 0) is 9.53 Å². The van der Waals surface area contributed by atoms with E-state index in [4.69, 9.17) is 9.47 Å². The number of nitrogens with zero attached hydrogens (tertiary/aromatic N) is 2. The van der Waals surface area contributed by atoms with Crippen LogP contribution < -0.4 is 4.74 Å². The van der Waals surface area contributed by atoms with Crippen LogP contribution >= 0.6 is 0 Å². The van der Waals surface area contributed by atoms with Gasteiger partial charge in [0.15, 0.2) is 0 Å². The zero-order valence-electron chi connectivity index (χ0n) is 14.6. The van der Waals surface area contributed by atoms with Gasteiger partial charge in [0.1, 0.15) is 5.75 Å². The van der Waals surface area contributed by atoms with Gasteiger partial charge >= 0.3 is 5.97 Å². The number of ether oxygens (including phenoxy) is 2. The summed E-state index contributed by atoms with van der Waals surface area (Å²) in [5, 5.41) is 0.860. The molecule has 6 heteroatoms. The molecule has 0 aliphatic rings. The van der Waals surface area contributed by atoms with Gasteiger partial charge in [-0.3, -0.25) is 14.6 Å². The highest BCUT2D eigenvalue weighted by Crippen LogP contribution is 2.22. The Morgan fingerprint density at radius 3 is 2.58 bits per heavy atom. The zero-order chi connectivity index (χ0) is 17.9. The Bertz CT molecular complexity index is 773. The van der Waals surface area contributed by atoms with Crippen LogP contribution in [0.1, 0.15) is 23.0 Å². The fourth-order valence-electron chi connectivity index (χ4n) is 2.56. The first kappa shape index (κ1) is 17.7. The third-order valence-electron chi connectivity index (χ3n) is 3.94. The number of rotatable bonds is 5. The summed E-state index contributed by atoms with van der Waals surface area (Å²) < 4.78 is 9.90. The summed E-state index contributed by atoms with van der Waals surface area (Å²) in [6, 6.07) is 7.35. The number of pyridine rings is 1. The highest BCUT2D eigenvalue weighted by Gasteiger charge is 2.21. The summed E-state index contributed by atoms with van der Waals surface area (Å²) in [6.07, 6.45) is 0. The number of carbonyl (C=O) groups excluding carboxylic acids is 2. The van der Waals surface area contributed by atoms with Crippen molar-refractivity contribution in [2.24, 2.45) is 5.92 Å². The first-order valence-corrected chi connectivity index (χ1v) is 7.66. The molecule has 1 atom stereocenters. The maximum absolute atomic E-state index is 12.7. The van der Waals surface area contributed by atoms with Crippen LogP contribution in [0.5, 0.6) is 5.75 Å². The highest BCUT2D eigenvalue weighted by molar-refractivity contribution is 5.98. The standard InChI is InChI=1S/C18H22N2O4/c1-11(18(22)24-5)10-20(3)17(21)15-8-13-6-7-14(23-4)9-16(13)19-12(15)2/h6-9,11H,10H2,1-5H3. The van der Waals surface area contributed by atoms with Gasteiger partial charge in [-0.05, 0) is 25.1 Å². The van der Waals surface area contributed by atoms with E-state index in [2.05, 4.69) is 4.98 Å². The molecule has 2 aromatic rings. The molecule has 24 heavy (non-hydrogen) atoms. The Hall–Kier alpha value is -2.63. The molecular weight excluding hydrogens is 308 g/mol. The number of benzene rings is 1. The minimum atomic E-state index is -0.387. The molecule has 0 spiro atoms. The molecule has 0 saturated heterocycles. The second-order valence-electron chi connectivity index (χ2n) is 5.79. The van der Waals surface area contributed by atoms with E-state index in [1.54, 1.807) is 28.0 Å². The van der Waals surface area contributed by atoms with E-state index >= 15 is 0 Å². The van der Waals surface area contributed by atoms with Crippen LogP contribution in [0, 0.1) is 12.8 Å². The SMILES string of the molecule is COC(=O)C(C)CN(C)C(=O)c1cc2ccc(OC)cc2nc1C. The third-order valence-corrected chi connectivity index (χ3v) is 3.94. The van der Waals surface area contributed by atoms with Crippen molar-refractivity contribution in [3.05, 3.63) is 35.5 Å². The lowest BCUT2D eigenvalue weighted by atomic mass is 10.1. The summed E-state index contributed by atoms with van der Waals surface area (Å²) in [5.74, 6) is -0.178. The van der Waals surface area contributed by atoms with Crippen molar-refractivity contribution >= 4 is 22.8 Å². The van der Waals surface area contributed by atoms with Crippen molar-refractivity contribution in [2.75, 3.05) is 27.8 Å². The number of fused-ring (bicyclic) bond motifs is 1. The summed E-state index contributed by atoms with van der Waals surface area (Å²) in [6.45, 7) is 3.81. The Kier molecular flexibility index (Phi) is 5.39. The number of methoxy groups -OCH3 is 2. The molecule has 0 N–H and O–H groups in total. The molecule has 0 saturated carbocycles. The summed E-state index contributed by atoms with van der Waals surface area (Å²) >= 11 is 0. The van der Waals surface area contributed by atoms with Gasteiger partial charge in [-0.1, -0.05) is 6.92 Å². The van der Waals surface area contributed by atoms with E-state index in [9.17, 15) is 9.59 Å². The molecule has 0 bridgehead atoms. The van der Waals surface area contributed by atoms with Crippen molar-refractivity contribution in [1.82, 2.24) is 9.88 Å². The number of carbonyl (C=O) groups is 2. The lowest BCUT2D eigenvalue weighted by Gasteiger charge is -2.21.